The van der Waals surface area contributed by atoms with Gasteiger partial charge in [-0.3, -0.25) is 19.6 Å². The van der Waals surface area contributed by atoms with Crippen LogP contribution in [-0.4, -0.2) is 86.3 Å². The average Bonchev–Trinajstić information content (AvgIpc) is 3.25. The maximum absolute atomic E-state index is 12.5. The molecule has 0 radical (unpaired) electrons. The van der Waals surface area contributed by atoms with Crippen molar-refractivity contribution in [3.05, 3.63) is 95.6 Å². The molecule has 2 N–H and O–H groups in total. The van der Waals surface area contributed by atoms with E-state index < -0.39 is 0 Å². The van der Waals surface area contributed by atoms with Crippen LogP contribution in [0.5, 0.6) is 5.75 Å². The van der Waals surface area contributed by atoms with Gasteiger partial charge in [0.15, 0.2) is 0 Å². The Morgan fingerprint density at radius 2 is 1.45 bits per heavy atom. The lowest BCUT2D eigenvalue weighted by Gasteiger charge is -2.29. The molecular weight excluding hydrogens is 526 g/mol. The zero-order chi connectivity index (χ0) is 29.0. The molecule has 3 aromatic rings. The van der Waals surface area contributed by atoms with Crippen LogP contribution in [-0.2, 0) is 24.4 Å². The van der Waals surface area contributed by atoms with Gasteiger partial charge in [-0.15, -0.1) is 0 Å². The second-order valence-corrected chi connectivity index (χ2v) is 11.3. The van der Waals surface area contributed by atoms with Crippen LogP contribution in [0.3, 0.4) is 0 Å². The number of para-hydroxylation sites is 1. The number of urea groups is 1. The molecule has 8 heteroatoms. The number of nitrogens with two attached hydrogens (primary N) is 1. The molecule has 0 unspecified atom stereocenters. The number of carbonyl (C=O) groups excluding carboxylic acids is 1. The van der Waals surface area contributed by atoms with Crippen LogP contribution in [0.1, 0.15) is 29.5 Å². The van der Waals surface area contributed by atoms with Crippen LogP contribution in [0.2, 0.25) is 0 Å². The van der Waals surface area contributed by atoms with Gasteiger partial charge >= 0.3 is 6.03 Å². The van der Waals surface area contributed by atoms with E-state index in [0.717, 1.165) is 102 Å². The highest BCUT2D eigenvalue weighted by atomic mass is 16.5. The van der Waals surface area contributed by atoms with Gasteiger partial charge in [-0.2, -0.15) is 0 Å². The molecule has 2 fully saturated rings. The van der Waals surface area contributed by atoms with Crippen molar-refractivity contribution in [3.63, 3.8) is 0 Å². The Balaban J connectivity index is 1.11. The largest absolute Gasteiger partial charge is 0.489 e. The van der Waals surface area contributed by atoms with E-state index >= 15 is 0 Å². The molecule has 5 rings (SSSR count). The van der Waals surface area contributed by atoms with Crippen LogP contribution in [0.15, 0.2) is 78.9 Å². The van der Waals surface area contributed by atoms with Crippen LogP contribution in [0, 0.1) is 0 Å². The molecule has 0 aromatic heterocycles. The summed E-state index contributed by atoms with van der Waals surface area (Å²) < 4.78 is 11.4. The first-order chi connectivity index (χ1) is 20.6. The first kappa shape index (κ1) is 30.0. The molecule has 2 heterocycles. The zero-order valence-electron chi connectivity index (χ0n) is 24.7. The summed E-state index contributed by atoms with van der Waals surface area (Å²) in [6, 6.07) is 26.6. The smallest absolute Gasteiger partial charge is 0.319 e. The molecule has 0 atom stereocenters. The molecule has 0 saturated carbocycles. The summed E-state index contributed by atoms with van der Waals surface area (Å²) in [5, 5.41) is 0. The quantitative estimate of drug-likeness (QED) is 0.343. The Kier molecular flexibility index (Phi) is 11.2. The van der Waals surface area contributed by atoms with Crippen LogP contribution in [0.25, 0.3) is 0 Å². The van der Waals surface area contributed by atoms with E-state index in [1.165, 1.54) is 11.1 Å². The maximum atomic E-state index is 12.5. The van der Waals surface area contributed by atoms with Gasteiger partial charge in [0.2, 0.25) is 0 Å². The van der Waals surface area contributed by atoms with Crippen molar-refractivity contribution in [2.45, 2.75) is 32.5 Å². The average molecular weight is 572 g/mol. The van der Waals surface area contributed by atoms with Crippen molar-refractivity contribution < 1.29 is 14.3 Å². The highest BCUT2D eigenvalue weighted by Crippen LogP contribution is 2.24. The van der Waals surface area contributed by atoms with Gasteiger partial charge in [0.05, 0.1) is 13.2 Å². The van der Waals surface area contributed by atoms with E-state index in [1.807, 2.05) is 30.3 Å². The van der Waals surface area contributed by atoms with Gasteiger partial charge in [0, 0.05) is 58.0 Å². The number of hydrogen-bond acceptors (Lipinski definition) is 6. The fourth-order valence-electron chi connectivity index (χ4n) is 5.81. The maximum Gasteiger partial charge on any atom is 0.319 e. The molecule has 224 valence electrons. The topological polar surface area (TPSA) is 74.5 Å². The van der Waals surface area contributed by atoms with Gasteiger partial charge < -0.3 is 15.2 Å². The molecular formula is C34H45N5O3. The van der Waals surface area contributed by atoms with E-state index in [0.29, 0.717) is 13.2 Å². The Labute approximate surface area is 250 Å². The third-order valence-electron chi connectivity index (χ3n) is 8.16. The first-order valence-electron chi connectivity index (χ1n) is 15.3. The fourth-order valence-corrected chi connectivity index (χ4v) is 5.81. The molecule has 0 aliphatic carbocycles. The summed E-state index contributed by atoms with van der Waals surface area (Å²) in [6.45, 7) is 11.5. The second-order valence-electron chi connectivity index (χ2n) is 11.3. The normalized spacial score (nSPS) is 17.0. The van der Waals surface area contributed by atoms with Crippen LogP contribution in [0.4, 0.5) is 10.5 Å². The Hall–Kier alpha value is -3.43. The fraction of sp³-hybridized carbons (Fsp3) is 0.441. The van der Waals surface area contributed by atoms with E-state index in [4.69, 9.17) is 15.2 Å². The van der Waals surface area contributed by atoms with Crippen molar-refractivity contribution in [1.82, 2.24) is 14.7 Å². The molecule has 3 aromatic carbocycles. The van der Waals surface area contributed by atoms with Gasteiger partial charge in [-0.1, -0.05) is 60.7 Å². The predicted octanol–water partition coefficient (Wildman–Crippen LogP) is 4.58. The predicted molar refractivity (Wildman–Crippen MR) is 168 cm³/mol. The van der Waals surface area contributed by atoms with Gasteiger partial charge in [0.25, 0.3) is 0 Å². The lowest BCUT2D eigenvalue weighted by atomic mass is 10.1. The number of benzene rings is 3. The van der Waals surface area contributed by atoms with Crippen molar-refractivity contribution in [2.75, 3.05) is 70.5 Å². The molecule has 2 aliphatic rings. The molecule has 2 aliphatic heterocycles. The minimum atomic E-state index is -0.386. The summed E-state index contributed by atoms with van der Waals surface area (Å²) in [4.78, 5) is 21.7. The minimum absolute atomic E-state index is 0.386. The monoisotopic (exact) mass is 571 g/mol. The highest BCUT2D eigenvalue weighted by molar-refractivity contribution is 5.91. The SMILES string of the molecule is NC(=O)N(CCCN1CCOCC1)c1ccccc1CN1CCCN(Cc2ccc(OCc3ccccc3)cc2)CC1. The first-order valence-corrected chi connectivity index (χ1v) is 15.3. The number of carbonyl (C=O) groups is 1. The summed E-state index contributed by atoms with van der Waals surface area (Å²) in [5.41, 5.74) is 10.4. The molecule has 0 spiro atoms. The highest BCUT2D eigenvalue weighted by Gasteiger charge is 2.20. The minimum Gasteiger partial charge on any atom is -0.489 e. The summed E-state index contributed by atoms with van der Waals surface area (Å²) in [7, 11) is 0. The number of hydrogen-bond donors (Lipinski definition) is 1. The number of nitrogens with zero attached hydrogens (tertiary/aromatic N) is 4. The number of ether oxygens (including phenoxy) is 2. The Bertz CT molecular complexity index is 1230. The van der Waals surface area contributed by atoms with E-state index in [-0.39, 0.29) is 6.03 Å². The molecule has 0 bridgehead atoms. The number of amides is 2. The van der Waals surface area contributed by atoms with Crippen molar-refractivity contribution >= 4 is 11.7 Å². The number of rotatable bonds is 12. The Morgan fingerprint density at radius 1 is 0.762 bits per heavy atom. The number of anilines is 1. The van der Waals surface area contributed by atoms with Crippen molar-refractivity contribution in [1.29, 1.82) is 0 Å². The molecule has 2 amide bonds. The van der Waals surface area contributed by atoms with Gasteiger partial charge in [-0.05, 0) is 60.8 Å². The van der Waals surface area contributed by atoms with Crippen molar-refractivity contribution in [2.24, 2.45) is 5.73 Å². The summed E-state index contributed by atoms with van der Waals surface area (Å²) in [5.74, 6) is 0.898. The lowest BCUT2D eigenvalue weighted by molar-refractivity contribution is 0.0377. The van der Waals surface area contributed by atoms with Crippen LogP contribution < -0.4 is 15.4 Å². The summed E-state index contributed by atoms with van der Waals surface area (Å²) >= 11 is 0. The van der Waals surface area contributed by atoms with E-state index in [2.05, 4.69) is 63.2 Å². The third kappa shape index (κ3) is 9.03. The zero-order valence-corrected chi connectivity index (χ0v) is 24.7. The lowest BCUT2D eigenvalue weighted by Crippen LogP contribution is -2.41. The summed E-state index contributed by atoms with van der Waals surface area (Å²) in [6.07, 6.45) is 2.00. The van der Waals surface area contributed by atoms with Crippen molar-refractivity contribution in [3.8, 4) is 5.75 Å². The Morgan fingerprint density at radius 3 is 2.19 bits per heavy atom. The second kappa shape index (κ2) is 15.7. The van der Waals surface area contributed by atoms with Crippen LogP contribution >= 0.6 is 0 Å². The van der Waals surface area contributed by atoms with E-state index in [9.17, 15) is 4.79 Å². The standard InChI is InChI=1S/C34H45N5O3/c35-34(40)39(19-7-16-36-22-24-41-25-23-36)33-11-5-4-10-31(33)27-38-18-6-17-37(20-21-38)26-29-12-14-32(15-13-29)42-28-30-8-2-1-3-9-30/h1-5,8-15H,6-7,16-28H2,(H2,35,40). The molecule has 8 nitrogen and oxygen atoms in total. The third-order valence-corrected chi connectivity index (χ3v) is 8.16. The van der Waals surface area contributed by atoms with E-state index in [1.54, 1.807) is 4.90 Å². The molecule has 2 saturated heterocycles. The van der Waals surface area contributed by atoms with Gasteiger partial charge in [0.1, 0.15) is 12.4 Å². The molecule has 42 heavy (non-hydrogen) atoms. The number of primary amides is 1. The number of morpholine rings is 1. The van der Waals surface area contributed by atoms with Gasteiger partial charge in [-0.25, -0.2) is 4.79 Å².